The Balaban J connectivity index is 3.53. The van der Waals surface area contributed by atoms with Crippen LogP contribution in [0.2, 0.25) is 0 Å². The van der Waals surface area contributed by atoms with Crippen LogP contribution in [0.25, 0.3) is 10.4 Å². The van der Waals surface area contributed by atoms with E-state index < -0.39 is 23.6 Å². The van der Waals surface area contributed by atoms with Gasteiger partial charge in [-0.3, -0.25) is 0 Å². The smallest absolute Gasteiger partial charge is 0.218 e. The van der Waals surface area contributed by atoms with Gasteiger partial charge in [0.05, 0.1) is 0 Å². The molecule has 1 aromatic rings. The van der Waals surface area contributed by atoms with Gasteiger partial charge in [-0.1, -0.05) is 23.3 Å². The van der Waals surface area contributed by atoms with Gasteiger partial charge in [0.25, 0.3) is 0 Å². The zero-order chi connectivity index (χ0) is 15.8. The van der Waals surface area contributed by atoms with Crippen molar-refractivity contribution in [2.45, 2.75) is 24.9 Å². The lowest BCUT2D eigenvalue weighted by molar-refractivity contribution is -0.348. The fourth-order valence-corrected chi connectivity index (χ4v) is 1.52. The molecule has 0 aliphatic rings. The molecule has 0 saturated heterocycles. The number of hydrogen-bond donors (Lipinski definition) is 0. The van der Waals surface area contributed by atoms with E-state index in [0.717, 1.165) is 6.92 Å². The van der Waals surface area contributed by atoms with Crippen LogP contribution in [0.3, 0.4) is 0 Å². The Hall–Kier alpha value is -1.96. The van der Waals surface area contributed by atoms with Gasteiger partial charge in [0.2, 0.25) is 0 Å². The summed E-state index contributed by atoms with van der Waals surface area (Å²) in [7, 11) is 0. The van der Waals surface area contributed by atoms with E-state index in [4.69, 9.17) is 5.53 Å². The predicted octanol–water partition coefficient (Wildman–Crippen LogP) is 5.23. The van der Waals surface area contributed by atoms with Crippen LogP contribution in [0.4, 0.5) is 36.4 Å². The van der Waals surface area contributed by atoms with Crippen molar-refractivity contribution in [1.82, 2.24) is 0 Å². The third kappa shape index (κ3) is 2.51. The molecule has 0 heterocycles. The average Bonchev–Trinajstić information content (AvgIpc) is 2.28. The van der Waals surface area contributed by atoms with E-state index in [2.05, 4.69) is 10.0 Å². The summed E-state index contributed by atoms with van der Waals surface area (Å²) < 4.78 is 88.6. The van der Waals surface area contributed by atoms with Crippen LogP contribution in [0, 0.1) is 6.92 Å². The molecule has 110 valence electrons. The molecule has 3 nitrogen and oxygen atoms in total. The molecule has 0 aliphatic carbocycles. The monoisotopic (exact) mass is 301 g/mol. The fourth-order valence-electron chi connectivity index (χ4n) is 1.52. The maximum Gasteiger partial charge on any atom is 0.435 e. The van der Waals surface area contributed by atoms with Crippen molar-refractivity contribution >= 4 is 5.69 Å². The van der Waals surface area contributed by atoms with Gasteiger partial charge in [0.15, 0.2) is 0 Å². The zero-order valence-corrected chi connectivity index (χ0v) is 9.72. The van der Waals surface area contributed by atoms with Gasteiger partial charge in [-0.15, -0.1) is 0 Å². The highest BCUT2D eigenvalue weighted by molar-refractivity contribution is 5.48. The Kier molecular flexibility index (Phi) is 3.91. The van der Waals surface area contributed by atoms with E-state index in [0.29, 0.717) is 12.1 Å². The van der Waals surface area contributed by atoms with E-state index in [1.807, 2.05) is 0 Å². The van der Waals surface area contributed by atoms with E-state index in [9.17, 15) is 30.7 Å². The van der Waals surface area contributed by atoms with Crippen LogP contribution in [-0.4, -0.2) is 12.4 Å². The number of aryl methyl sites for hydroxylation is 1. The average molecular weight is 301 g/mol. The van der Waals surface area contributed by atoms with Gasteiger partial charge < -0.3 is 0 Å². The largest absolute Gasteiger partial charge is 0.435 e. The lowest BCUT2D eigenvalue weighted by Crippen LogP contribution is -2.50. The number of hydrogen-bond acceptors (Lipinski definition) is 1. The second-order valence-corrected chi connectivity index (χ2v) is 3.84. The summed E-state index contributed by atoms with van der Waals surface area (Å²) in [6.45, 7) is 1.10. The van der Waals surface area contributed by atoms with Crippen molar-refractivity contribution in [3.63, 3.8) is 0 Å². The number of nitrogens with zero attached hydrogens (tertiary/aromatic N) is 3. The van der Waals surface area contributed by atoms with Gasteiger partial charge in [0, 0.05) is 16.2 Å². The molecule has 0 amide bonds. The molecule has 0 atom stereocenters. The Morgan fingerprint density at radius 3 is 1.85 bits per heavy atom. The molecule has 0 N–H and O–H groups in total. The summed E-state index contributed by atoms with van der Waals surface area (Å²) in [6.07, 6.45) is -12.3. The molecule has 0 unspecified atom stereocenters. The highest BCUT2D eigenvalue weighted by Gasteiger charge is 2.73. The third-order valence-corrected chi connectivity index (χ3v) is 2.53. The summed E-state index contributed by atoms with van der Waals surface area (Å²) in [6, 6.07) is 1.33. The van der Waals surface area contributed by atoms with E-state index in [1.165, 1.54) is 0 Å². The SMILES string of the molecule is Cc1cc(C(F)(C(F)(F)F)C(F)(F)F)ccc1N=[N+]=[N-]. The van der Waals surface area contributed by atoms with Crippen molar-refractivity contribution in [2.24, 2.45) is 5.11 Å². The normalized spacial score (nSPS) is 13.0. The quantitative estimate of drug-likeness (QED) is 0.311. The van der Waals surface area contributed by atoms with E-state index in [1.54, 1.807) is 0 Å². The maximum absolute atomic E-state index is 13.7. The molecule has 0 aliphatic heterocycles. The molecule has 0 radical (unpaired) electrons. The Morgan fingerprint density at radius 1 is 1.00 bits per heavy atom. The minimum absolute atomic E-state index is 0.192. The molecular formula is C10H6F7N3. The number of rotatable bonds is 2. The van der Waals surface area contributed by atoms with Crippen LogP contribution in [0.15, 0.2) is 23.3 Å². The second-order valence-electron chi connectivity index (χ2n) is 3.84. The Labute approximate surface area is 107 Å². The second kappa shape index (κ2) is 4.86. The third-order valence-electron chi connectivity index (χ3n) is 2.53. The molecule has 1 rings (SSSR count). The summed E-state index contributed by atoms with van der Waals surface area (Å²) in [5.74, 6) is 0. The Bertz CT molecular complexity index is 541. The molecule has 0 spiro atoms. The summed E-state index contributed by atoms with van der Waals surface area (Å²) in [5.41, 5.74) is 0.647. The summed E-state index contributed by atoms with van der Waals surface area (Å²) in [4.78, 5) is 2.34. The molecular weight excluding hydrogens is 295 g/mol. The van der Waals surface area contributed by atoms with Crippen LogP contribution in [0.5, 0.6) is 0 Å². The molecule has 10 heteroatoms. The van der Waals surface area contributed by atoms with E-state index >= 15 is 0 Å². The first-order chi connectivity index (χ1) is 8.95. The minimum atomic E-state index is -6.17. The van der Waals surface area contributed by atoms with Crippen molar-refractivity contribution in [3.8, 4) is 0 Å². The first-order valence-electron chi connectivity index (χ1n) is 4.93. The minimum Gasteiger partial charge on any atom is -0.218 e. The lowest BCUT2D eigenvalue weighted by atomic mass is 9.92. The van der Waals surface area contributed by atoms with Crippen molar-refractivity contribution < 1.29 is 30.7 Å². The molecule has 20 heavy (non-hydrogen) atoms. The maximum atomic E-state index is 13.7. The first-order valence-corrected chi connectivity index (χ1v) is 4.93. The first kappa shape index (κ1) is 16.1. The standard InChI is InChI=1S/C10H6F7N3/c1-5-4-6(2-3-7(5)19-20-18)8(11,9(12,13)14)10(15,16)17/h2-4H,1H3. The van der Waals surface area contributed by atoms with Gasteiger partial charge in [-0.05, 0) is 18.0 Å². The van der Waals surface area contributed by atoms with Gasteiger partial charge in [-0.2, -0.15) is 26.3 Å². The lowest BCUT2D eigenvalue weighted by Gasteiger charge is -2.30. The number of alkyl halides is 7. The van der Waals surface area contributed by atoms with Crippen molar-refractivity contribution in [3.05, 3.63) is 39.8 Å². The van der Waals surface area contributed by atoms with Gasteiger partial charge in [0.1, 0.15) is 0 Å². The molecule has 0 bridgehead atoms. The summed E-state index contributed by atoms with van der Waals surface area (Å²) in [5, 5.41) is 3.05. The van der Waals surface area contributed by atoms with Gasteiger partial charge >= 0.3 is 18.0 Å². The molecule has 0 aromatic heterocycles. The number of benzene rings is 1. The fraction of sp³-hybridized carbons (Fsp3) is 0.400. The van der Waals surface area contributed by atoms with Gasteiger partial charge in [-0.25, -0.2) is 4.39 Å². The predicted molar refractivity (Wildman–Crippen MR) is 54.9 cm³/mol. The van der Waals surface area contributed by atoms with Crippen molar-refractivity contribution in [2.75, 3.05) is 0 Å². The van der Waals surface area contributed by atoms with Crippen LogP contribution < -0.4 is 0 Å². The topological polar surface area (TPSA) is 48.8 Å². The van der Waals surface area contributed by atoms with Crippen LogP contribution in [0.1, 0.15) is 11.1 Å². The molecule has 0 fully saturated rings. The summed E-state index contributed by atoms with van der Waals surface area (Å²) >= 11 is 0. The number of azide groups is 1. The van der Waals surface area contributed by atoms with E-state index in [-0.39, 0.29) is 17.3 Å². The number of halogens is 7. The Morgan fingerprint density at radius 2 is 1.50 bits per heavy atom. The molecule has 0 saturated carbocycles. The zero-order valence-electron chi connectivity index (χ0n) is 9.72. The van der Waals surface area contributed by atoms with Crippen molar-refractivity contribution in [1.29, 1.82) is 0 Å². The molecule has 1 aromatic carbocycles. The van der Waals surface area contributed by atoms with Crippen LogP contribution >= 0.6 is 0 Å². The highest BCUT2D eigenvalue weighted by atomic mass is 19.4. The highest BCUT2D eigenvalue weighted by Crippen LogP contribution is 2.53. The van der Waals surface area contributed by atoms with Crippen LogP contribution in [-0.2, 0) is 5.67 Å².